The van der Waals surface area contributed by atoms with E-state index in [1.165, 1.54) is 18.3 Å². The van der Waals surface area contributed by atoms with Gasteiger partial charge in [0.2, 0.25) is 0 Å². The first-order valence-electron chi connectivity index (χ1n) is 10.6. The number of nitrogens with zero attached hydrogens (tertiary/aromatic N) is 4. The smallest absolute Gasteiger partial charge is 0.266 e. The Bertz CT molecular complexity index is 937. The van der Waals surface area contributed by atoms with Gasteiger partial charge in [0, 0.05) is 62.5 Å². The minimum atomic E-state index is -0.284. The van der Waals surface area contributed by atoms with Gasteiger partial charge in [0.15, 0.2) is 0 Å². The molecule has 0 unspecified atom stereocenters. The van der Waals surface area contributed by atoms with Crippen LogP contribution < -0.4 is 15.1 Å². The van der Waals surface area contributed by atoms with E-state index >= 15 is 0 Å². The van der Waals surface area contributed by atoms with Gasteiger partial charge in [0.05, 0.1) is 0 Å². The van der Waals surface area contributed by atoms with Gasteiger partial charge >= 0.3 is 0 Å². The van der Waals surface area contributed by atoms with E-state index < -0.39 is 0 Å². The molecule has 0 atom stereocenters. The molecule has 1 heterocycles. The number of hydrogen-bond donors (Lipinski definition) is 1. The van der Waals surface area contributed by atoms with E-state index in [0.29, 0.717) is 26.2 Å². The Balaban J connectivity index is 1.58. The van der Waals surface area contributed by atoms with E-state index in [1.807, 2.05) is 30.3 Å². The number of rotatable bonds is 7. The lowest BCUT2D eigenvalue weighted by atomic mass is 10.2. The van der Waals surface area contributed by atoms with Gasteiger partial charge < -0.3 is 20.0 Å². The highest BCUT2D eigenvalue weighted by molar-refractivity contribution is 5.97. The second-order valence-electron chi connectivity index (χ2n) is 7.29. The van der Waals surface area contributed by atoms with Gasteiger partial charge in [-0.2, -0.15) is 5.26 Å². The molecule has 0 aromatic heterocycles. The van der Waals surface area contributed by atoms with Crippen LogP contribution in [0.1, 0.15) is 13.8 Å². The predicted molar refractivity (Wildman–Crippen MR) is 123 cm³/mol. The number of hydrogen-bond acceptors (Lipinski definition) is 5. The van der Waals surface area contributed by atoms with Gasteiger partial charge in [-0.3, -0.25) is 4.79 Å². The summed E-state index contributed by atoms with van der Waals surface area (Å²) < 4.78 is 13.1. The van der Waals surface area contributed by atoms with Crippen LogP contribution in [0.3, 0.4) is 0 Å². The highest BCUT2D eigenvalue weighted by Crippen LogP contribution is 2.19. The number of benzene rings is 2. The molecular weight excluding hydrogens is 393 g/mol. The van der Waals surface area contributed by atoms with E-state index in [-0.39, 0.29) is 17.3 Å². The summed E-state index contributed by atoms with van der Waals surface area (Å²) >= 11 is 0. The predicted octanol–water partition coefficient (Wildman–Crippen LogP) is 3.84. The number of nitriles is 1. The first kappa shape index (κ1) is 22.2. The SMILES string of the molecule is CCN(CC)c1ccc(N/C=C(/C#N)C(=O)N2CCN(c3ccc(F)cc3)CC2)cc1. The second kappa shape index (κ2) is 10.5. The molecule has 1 aliphatic rings. The summed E-state index contributed by atoms with van der Waals surface area (Å²) in [6.07, 6.45) is 1.47. The highest BCUT2D eigenvalue weighted by atomic mass is 19.1. The van der Waals surface area contributed by atoms with Crippen molar-refractivity contribution in [3.63, 3.8) is 0 Å². The van der Waals surface area contributed by atoms with Crippen LogP contribution >= 0.6 is 0 Å². The molecule has 2 aromatic rings. The third kappa shape index (κ3) is 5.54. The van der Waals surface area contributed by atoms with Gasteiger partial charge in [-0.25, -0.2) is 4.39 Å². The Morgan fingerprint density at radius 1 is 1.06 bits per heavy atom. The third-order valence-corrected chi connectivity index (χ3v) is 5.49. The zero-order chi connectivity index (χ0) is 22.2. The number of amides is 1. The van der Waals surface area contributed by atoms with Crippen molar-refractivity contribution in [3.8, 4) is 6.07 Å². The molecule has 0 bridgehead atoms. The Hall–Kier alpha value is -3.53. The van der Waals surface area contributed by atoms with Crippen LogP contribution in [-0.2, 0) is 4.79 Å². The summed E-state index contributed by atoms with van der Waals surface area (Å²) in [6.45, 7) is 8.38. The molecule has 2 aromatic carbocycles. The molecule has 162 valence electrons. The average molecular weight is 422 g/mol. The molecule has 1 N–H and O–H groups in total. The van der Waals surface area contributed by atoms with Crippen LogP contribution in [0.15, 0.2) is 60.3 Å². The molecule has 1 saturated heterocycles. The summed E-state index contributed by atoms with van der Waals surface area (Å²) in [5, 5.41) is 12.5. The number of nitrogens with one attached hydrogen (secondary N) is 1. The lowest BCUT2D eigenvalue weighted by Gasteiger charge is -2.36. The van der Waals surface area contributed by atoms with Crippen molar-refractivity contribution in [2.75, 3.05) is 54.4 Å². The van der Waals surface area contributed by atoms with Crippen molar-refractivity contribution in [2.45, 2.75) is 13.8 Å². The quantitative estimate of drug-likeness (QED) is 0.544. The van der Waals surface area contributed by atoms with Crippen LogP contribution in [0.2, 0.25) is 0 Å². The van der Waals surface area contributed by atoms with Gasteiger partial charge in [0.25, 0.3) is 5.91 Å². The highest BCUT2D eigenvalue weighted by Gasteiger charge is 2.24. The van der Waals surface area contributed by atoms with E-state index in [9.17, 15) is 14.4 Å². The Morgan fingerprint density at radius 2 is 1.68 bits per heavy atom. The molecule has 0 spiro atoms. The lowest BCUT2D eigenvalue weighted by molar-refractivity contribution is -0.127. The van der Waals surface area contributed by atoms with E-state index in [2.05, 4.69) is 29.0 Å². The molecule has 1 fully saturated rings. The molecule has 1 amide bonds. The van der Waals surface area contributed by atoms with Crippen molar-refractivity contribution in [2.24, 2.45) is 0 Å². The first-order valence-corrected chi connectivity index (χ1v) is 10.6. The zero-order valence-electron chi connectivity index (χ0n) is 18.0. The normalized spacial score (nSPS) is 14.2. The second-order valence-corrected chi connectivity index (χ2v) is 7.29. The van der Waals surface area contributed by atoms with Gasteiger partial charge in [-0.05, 0) is 62.4 Å². The maximum atomic E-state index is 13.1. The topological polar surface area (TPSA) is 62.6 Å². The fourth-order valence-corrected chi connectivity index (χ4v) is 3.64. The summed E-state index contributed by atoms with van der Waals surface area (Å²) in [6, 6.07) is 16.3. The maximum Gasteiger partial charge on any atom is 0.266 e. The van der Waals surface area contributed by atoms with Crippen LogP contribution in [0.4, 0.5) is 21.5 Å². The summed E-state index contributed by atoms with van der Waals surface area (Å²) in [5.74, 6) is -0.551. The van der Waals surface area contributed by atoms with Crippen molar-refractivity contribution in [1.29, 1.82) is 5.26 Å². The molecule has 1 aliphatic heterocycles. The fourth-order valence-electron chi connectivity index (χ4n) is 3.64. The number of piperazine rings is 1. The Kier molecular flexibility index (Phi) is 7.50. The van der Waals surface area contributed by atoms with E-state index in [0.717, 1.165) is 30.2 Å². The summed E-state index contributed by atoms with van der Waals surface area (Å²) in [5.41, 5.74) is 2.95. The third-order valence-electron chi connectivity index (χ3n) is 5.49. The van der Waals surface area contributed by atoms with E-state index in [4.69, 9.17) is 0 Å². The van der Waals surface area contributed by atoms with Crippen LogP contribution in [-0.4, -0.2) is 50.1 Å². The molecule has 6 nitrogen and oxygen atoms in total. The van der Waals surface area contributed by atoms with Crippen molar-refractivity contribution >= 4 is 23.0 Å². The first-order chi connectivity index (χ1) is 15.0. The Labute approximate surface area is 183 Å². The largest absolute Gasteiger partial charge is 0.372 e. The molecule has 7 heteroatoms. The Morgan fingerprint density at radius 3 is 2.23 bits per heavy atom. The maximum absolute atomic E-state index is 13.1. The molecule has 3 rings (SSSR count). The number of carbonyl (C=O) groups is 1. The molecule has 0 saturated carbocycles. The summed E-state index contributed by atoms with van der Waals surface area (Å²) in [7, 11) is 0. The fraction of sp³-hybridized carbons (Fsp3) is 0.333. The standard InChI is InChI=1S/C24H28FN5O/c1-3-28(4-2)22-11-7-21(8-12-22)27-18-19(17-26)24(31)30-15-13-29(14-16-30)23-9-5-20(25)6-10-23/h5-12,18,27H,3-4,13-16H2,1-2H3/b19-18-. The van der Waals surface area contributed by atoms with Crippen molar-refractivity contribution in [3.05, 3.63) is 66.1 Å². The van der Waals surface area contributed by atoms with Gasteiger partial charge in [0.1, 0.15) is 17.5 Å². The molecule has 0 aliphatic carbocycles. The van der Waals surface area contributed by atoms with Crippen LogP contribution in [0.5, 0.6) is 0 Å². The van der Waals surface area contributed by atoms with Crippen LogP contribution in [0, 0.1) is 17.1 Å². The van der Waals surface area contributed by atoms with Gasteiger partial charge in [-0.1, -0.05) is 0 Å². The summed E-state index contributed by atoms with van der Waals surface area (Å²) in [4.78, 5) is 18.8. The number of halogens is 1. The van der Waals surface area contributed by atoms with Crippen molar-refractivity contribution in [1.82, 2.24) is 4.90 Å². The lowest BCUT2D eigenvalue weighted by Crippen LogP contribution is -2.49. The van der Waals surface area contributed by atoms with Crippen LogP contribution in [0.25, 0.3) is 0 Å². The number of carbonyl (C=O) groups excluding carboxylic acids is 1. The monoisotopic (exact) mass is 421 g/mol. The van der Waals surface area contributed by atoms with E-state index in [1.54, 1.807) is 17.0 Å². The molecule has 0 radical (unpaired) electrons. The minimum absolute atomic E-state index is 0.0723. The minimum Gasteiger partial charge on any atom is -0.372 e. The van der Waals surface area contributed by atoms with Crippen molar-refractivity contribution < 1.29 is 9.18 Å². The molecular formula is C24H28FN5O. The molecule has 31 heavy (non-hydrogen) atoms. The average Bonchev–Trinajstić information content (AvgIpc) is 2.81. The number of anilines is 3. The van der Waals surface area contributed by atoms with Gasteiger partial charge in [-0.15, -0.1) is 0 Å². The zero-order valence-corrected chi connectivity index (χ0v) is 18.0.